The maximum absolute atomic E-state index is 4.56. The van der Waals surface area contributed by atoms with E-state index in [1.807, 2.05) is 6.08 Å². The molecule has 1 rings (SSSR count). The van der Waals surface area contributed by atoms with Crippen LogP contribution in [0.5, 0.6) is 0 Å². The first-order valence-corrected chi connectivity index (χ1v) is 6.38. The Hall–Kier alpha value is -1.37. The van der Waals surface area contributed by atoms with Crippen molar-refractivity contribution in [1.82, 2.24) is 0 Å². The fraction of sp³-hybridized carbons (Fsp3) is 0.438. The summed E-state index contributed by atoms with van der Waals surface area (Å²) in [5, 5.41) is 0. The van der Waals surface area contributed by atoms with E-state index >= 15 is 0 Å². The van der Waals surface area contributed by atoms with Gasteiger partial charge in [0.1, 0.15) is 0 Å². The lowest BCUT2D eigenvalue weighted by atomic mass is 9.94. The van der Waals surface area contributed by atoms with Crippen molar-refractivity contribution in [3.63, 3.8) is 0 Å². The molecule has 0 saturated heterocycles. The maximum Gasteiger partial charge on any atom is 0.0606 e. The number of hydrogen-bond acceptors (Lipinski definition) is 1. The molecule has 92 valence electrons. The van der Waals surface area contributed by atoms with E-state index in [2.05, 4.69) is 50.6 Å². The van der Waals surface area contributed by atoms with Gasteiger partial charge in [-0.15, -0.1) is 0 Å². The van der Waals surface area contributed by atoms with Crippen molar-refractivity contribution >= 4 is 5.71 Å². The van der Waals surface area contributed by atoms with E-state index in [4.69, 9.17) is 0 Å². The third kappa shape index (κ3) is 4.18. The molecule has 0 spiro atoms. The van der Waals surface area contributed by atoms with Crippen molar-refractivity contribution in [3.05, 3.63) is 47.6 Å². The van der Waals surface area contributed by atoms with Gasteiger partial charge < -0.3 is 0 Å². The van der Waals surface area contributed by atoms with Gasteiger partial charge in [0.15, 0.2) is 0 Å². The molecular formula is C16H23N. The van der Waals surface area contributed by atoms with Gasteiger partial charge in [-0.25, -0.2) is 0 Å². The summed E-state index contributed by atoms with van der Waals surface area (Å²) in [6.07, 6.45) is 11.7. The lowest BCUT2D eigenvalue weighted by Crippen LogP contribution is -2.00. The molecule has 0 saturated carbocycles. The monoisotopic (exact) mass is 229 g/mol. The Balaban J connectivity index is 2.65. The first kappa shape index (κ1) is 13.7. The largest absolute Gasteiger partial charge is 0.285 e. The van der Waals surface area contributed by atoms with E-state index in [9.17, 15) is 0 Å². The van der Waals surface area contributed by atoms with Crippen LogP contribution in [0.15, 0.2) is 52.6 Å². The van der Waals surface area contributed by atoms with Crippen LogP contribution in [-0.2, 0) is 0 Å². The summed E-state index contributed by atoms with van der Waals surface area (Å²) in [5.41, 5.74) is 5.37. The van der Waals surface area contributed by atoms with E-state index in [-0.39, 0.29) is 0 Å². The molecule has 1 nitrogen and oxygen atoms in total. The fourth-order valence-electron chi connectivity index (χ4n) is 1.85. The van der Waals surface area contributed by atoms with E-state index in [1.54, 1.807) is 0 Å². The van der Waals surface area contributed by atoms with E-state index < -0.39 is 0 Å². The highest BCUT2D eigenvalue weighted by Crippen LogP contribution is 2.23. The van der Waals surface area contributed by atoms with Crippen LogP contribution < -0.4 is 0 Å². The zero-order valence-electron chi connectivity index (χ0n) is 11.3. The molecule has 0 N–H and O–H groups in total. The number of hydrogen-bond donors (Lipinski definition) is 0. The topological polar surface area (TPSA) is 12.4 Å². The number of allylic oxidation sites excluding steroid dienone is 6. The third-order valence-electron chi connectivity index (χ3n) is 3.26. The molecule has 1 aliphatic carbocycles. The summed E-state index contributed by atoms with van der Waals surface area (Å²) < 4.78 is 0. The Morgan fingerprint density at radius 2 is 2.18 bits per heavy atom. The number of aliphatic imine (C=N–C) groups is 1. The highest BCUT2D eigenvalue weighted by Gasteiger charge is 2.06. The highest BCUT2D eigenvalue weighted by atomic mass is 14.7. The minimum absolute atomic E-state index is 0.827. The van der Waals surface area contributed by atoms with Gasteiger partial charge in [0, 0.05) is 5.71 Å². The fourth-order valence-corrected chi connectivity index (χ4v) is 1.85. The summed E-state index contributed by atoms with van der Waals surface area (Å²) in [4.78, 5) is 4.56. The maximum atomic E-state index is 4.56. The molecule has 0 unspecified atom stereocenters. The Labute approximate surface area is 105 Å². The molecule has 0 aromatic heterocycles. The van der Waals surface area contributed by atoms with Crippen LogP contribution in [0.25, 0.3) is 0 Å². The molecule has 1 aliphatic rings. The lowest BCUT2D eigenvalue weighted by Gasteiger charge is -2.14. The average Bonchev–Trinajstić information content (AvgIpc) is 2.39. The second-order valence-electron chi connectivity index (χ2n) is 4.35. The Kier molecular flexibility index (Phi) is 5.68. The Bertz CT molecular complexity index is 392. The second-order valence-corrected chi connectivity index (χ2v) is 4.35. The van der Waals surface area contributed by atoms with Crippen LogP contribution in [0.2, 0.25) is 0 Å². The first-order valence-electron chi connectivity index (χ1n) is 6.38. The minimum Gasteiger partial charge on any atom is -0.285 e. The smallest absolute Gasteiger partial charge is 0.0606 e. The molecule has 0 aromatic carbocycles. The van der Waals surface area contributed by atoms with Gasteiger partial charge in [-0.05, 0) is 50.3 Å². The third-order valence-corrected chi connectivity index (χ3v) is 3.26. The van der Waals surface area contributed by atoms with Gasteiger partial charge in [-0.3, -0.25) is 4.99 Å². The molecular weight excluding hydrogens is 206 g/mol. The van der Waals surface area contributed by atoms with E-state index in [0.717, 1.165) is 31.5 Å². The van der Waals surface area contributed by atoms with Gasteiger partial charge in [-0.2, -0.15) is 0 Å². The van der Waals surface area contributed by atoms with Crippen LogP contribution in [0.3, 0.4) is 0 Å². The van der Waals surface area contributed by atoms with Gasteiger partial charge in [0.25, 0.3) is 0 Å². The quantitative estimate of drug-likeness (QED) is 0.609. The molecule has 0 radical (unpaired) electrons. The van der Waals surface area contributed by atoms with Crippen molar-refractivity contribution in [1.29, 1.82) is 0 Å². The number of nitrogens with zero attached hydrogens (tertiary/aromatic N) is 1. The molecule has 0 fully saturated rings. The van der Waals surface area contributed by atoms with Crippen molar-refractivity contribution < 1.29 is 0 Å². The molecule has 0 atom stereocenters. The van der Waals surface area contributed by atoms with Crippen LogP contribution in [0.4, 0.5) is 0 Å². The molecule has 0 aliphatic heterocycles. The second kappa shape index (κ2) is 7.05. The molecule has 17 heavy (non-hydrogen) atoms. The van der Waals surface area contributed by atoms with Gasteiger partial charge in [-0.1, -0.05) is 37.3 Å². The summed E-state index contributed by atoms with van der Waals surface area (Å²) in [6.45, 7) is 11.0. The van der Waals surface area contributed by atoms with Gasteiger partial charge >= 0.3 is 0 Å². The lowest BCUT2D eigenvalue weighted by molar-refractivity contribution is 0.877. The van der Waals surface area contributed by atoms with E-state index in [0.29, 0.717) is 0 Å². The predicted octanol–water partition coefficient (Wildman–Crippen LogP) is 4.64. The predicted molar refractivity (Wildman–Crippen MR) is 77.6 cm³/mol. The SMILES string of the molecule is C=CC(CC)=NCC1=CC=C(C(C)=CC)CC1. The van der Waals surface area contributed by atoms with Crippen LogP contribution >= 0.6 is 0 Å². The van der Waals surface area contributed by atoms with Crippen LogP contribution in [0, 0.1) is 0 Å². The standard InChI is InChI=1S/C16H23N/c1-5-13(4)15-10-8-14(9-11-15)12-17-16(6-2)7-3/h5-6,8,10H,2,7,9,11-12H2,1,3-4H3. The zero-order valence-corrected chi connectivity index (χ0v) is 11.3. The molecule has 1 heteroatoms. The summed E-state index contributed by atoms with van der Waals surface area (Å²) in [6, 6.07) is 0. The van der Waals surface area contributed by atoms with Gasteiger partial charge in [0.2, 0.25) is 0 Å². The average molecular weight is 229 g/mol. The minimum atomic E-state index is 0.827. The Morgan fingerprint density at radius 1 is 1.41 bits per heavy atom. The van der Waals surface area contributed by atoms with Crippen LogP contribution in [0.1, 0.15) is 40.0 Å². The zero-order chi connectivity index (χ0) is 12.7. The van der Waals surface area contributed by atoms with Crippen molar-refractivity contribution in [2.24, 2.45) is 4.99 Å². The summed E-state index contributed by atoms with van der Waals surface area (Å²) in [7, 11) is 0. The highest BCUT2D eigenvalue weighted by molar-refractivity contribution is 5.94. The normalized spacial score (nSPS) is 17.6. The number of rotatable bonds is 5. The summed E-state index contributed by atoms with van der Waals surface area (Å²) in [5.74, 6) is 0. The van der Waals surface area contributed by atoms with Crippen molar-refractivity contribution in [3.8, 4) is 0 Å². The van der Waals surface area contributed by atoms with E-state index in [1.165, 1.54) is 16.7 Å². The molecule has 0 bridgehead atoms. The van der Waals surface area contributed by atoms with Crippen molar-refractivity contribution in [2.75, 3.05) is 6.54 Å². The van der Waals surface area contributed by atoms with Crippen LogP contribution in [-0.4, -0.2) is 12.3 Å². The molecule has 0 aromatic rings. The first-order chi connectivity index (χ1) is 8.21. The van der Waals surface area contributed by atoms with Crippen molar-refractivity contribution in [2.45, 2.75) is 40.0 Å². The molecule has 0 amide bonds. The summed E-state index contributed by atoms with van der Waals surface area (Å²) >= 11 is 0. The molecule has 0 heterocycles. The van der Waals surface area contributed by atoms with Gasteiger partial charge in [0.05, 0.1) is 6.54 Å². The Morgan fingerprint density at radius 3 is 2.65 bits per heavy atom.